The second kappa shape index (κ2) is 7.02. The standard InChI is InChI=1S/C15H20ClN3O2/c1-11(2)9-14(18-7-5-17-6-8-18)12-3-4-13(16)15(10-12)19(20)21/h3-4,10,14,17H,1,5-9H2,2H3/t14-/m1/s1. The molecule has 1 aromatic rings. The van der Waals surface area contributed by atoms with Gasteiger partial charge in [0.05, 0.1) is 4.92 Å². The van der Waals surface area contributed by atoms with Crippen molar-refractivity contribution in [1.29, 1.82) is 0 Å². The van der Waals surface area contributed by atoms with Crippen molar-refractivity contribution in [2.75, 3.05) is 26.2 Å². The Hall–Kier alpha value is -1.43. The minimum atomic E-state index is -0.429. The second-order valence-corrected chi connectivity index (χ2v) is 5.84. The number of benzene rings is 1. The summed E-state index contributed by atoms with van der Waals surface area (Å²) in [6.07, 6.45) is 0.790. The minimum Gasteiger partial charge on any atom is -0.314 e. The first-order valence-electron chi connectivity index (χ1n) is 7.02. The number of rotatable bonds is 5. The molecule has 0 aromatic heterocycles. The van der Waals surface area contributed by atoms with Gasteiger partial charge in [0.1, 0.15) is 5.02 Å². The van der Waals surface area contributed by atoms with Crippen LogP contribution < -0.4 is 5.32 Å². The van der Waals surface area contributed by atoms with Crippen LogP contribution in [0.25, 0.3) is 0 Å². The molecule has 1 fully saturated rings. The summed E-state index contributed by atoms with van der Waals surface area (Å²) in [4.78, 5) is 13.0. The van der Waals surface area contributed by atoms with E-state index in [0.29, 0.717) is 0 Å². The molecule has 0 unspecified atom stereocenters. The van der Waals surface area contributed by atoms with Crippen molar-refractivity contribution >= 4 is 17.3 Å². The molecule has 2 rings (SSSR count). The Balaban J connectivity index is 2.33. The van der Waals surface area contributed by atoms with E-state index in [1.165, 1.54) is 0 Å². The molecule has 0 aliphatic carbocycles. The highest BCUT2D eigenvalue weighted by atomic mass is 35.5. The zero-order valence-corrected chi connectivity index (χ0v) is 12.9. The minimum absolute atomic E-state index is 0.0315. The Morgan fingerprint density at radius 2 is 2.19 bits per heavy atom. The van der Waals surface area contributed by atoms with Crippen LogP contribution in [0, 0.1) is 10.1 Å². The SMILES string of the molecule is C=C(C)C[C@H](c1ccc(Cl)c([N+](=O)[O-])c1)N1CCNCC1. The van der Waals surface area contributed by atoms with Gasteiger partial charge in [-0.25, -0.2) is 0 Å². The van der Waals surface area contributed by atoms with Gasteiger partial charge in [-0.1, -0.05) is 23.2 Å². The van der Waals surface area contributed by atoms with Crippen molar-refractivity contribution < 1.29 is 4.92 Å². The average molecular weight is 310 g/mol. The maximum absolute atomic E-state index is 11.1. The lowest BCUT2D eigenvalue weighted by Crippen LogP contribution is -2.45. The summed E-state index contributed by atoms with van der Waals surface area (Å²) in [6.45, 7) is 9.69. The number of nitro groups is 1. The third kappa shape index (κ3) is 4.03. The molecule has 1 heterocycles. The Morgan fingerprint density at radius 3 is 2.76 bits per heavy atom. The van der Waals surface area contributed by atoms with E-state index in [1.807, 2.05) is 13.0 Å². The summed E-state index contributed by atoms with van der Waals surface area (Å²) >= 11 is 5.90. The summed E-state index contributed by atoms with van der Waals surface area (Å²) < 4.78 is 0. The molecule has 1 aliphatic heterocycles. The molecule has 5 nitrogen and oxygen atoms in total. The third-order valence-electron chi connectivity index (χ3n) is 3.69. The van der Waals surface area contributed by atoms with Crippen molar-refractivity contribution in [2.45, 2.75) is 19.4 Å². The van der Waals surface area contributed by atoms with E-state index in [1.54, 1.807) is 12.1 Å². The van der Waals surface area contributed by atoms with Gasteiger partial charge in [-0.3, -0.25) is 15.0 Å². The molecule has 0 spiro atoms. The zero-order chi connectivity index (χ0) is 15.4. The van der Waals surface area contributed by atoms with Crippen molar-refractivity contribution in [3.63, 3.8) is 0 Å². The Morgan fingerprint density at radius 1 is 1.52 bits per heavy atom. The fourth-order valence-corrected chi connectivity index (χ4v) is 2.85. The lowest BCUT2D eigenvalue weighted by atomic mass is 9.97. The average Bonchev–Trinajstić information content (AvgIpc) is 2.46. The maximum Gasteiger partial charge on any atom is 0.288 e. The van der Waals surface area contributed by atoms with E-state index < -0.39 is 4.92 Å². The number of nitrogens with zero attached hydrogens (tertiary/aromatic N) is 2. The lowest BCUT2D eigenvalue weighted by molar-refractivity contribution is -0.384. The van der Waals surface area contributed by atoms with Crippen LogP contribution in [0.3, 0.4) is 0 Å². The molecule has 0 radical (unpaired) electrons. The van der Waals surface area contributed by atoms with Crippen molar-refractivity contribution in [3.05, 3.63) is 51.1 Å². The molecule has 114 valence electrons. The molecule has 21 heavy (non-hydrogen) atoms. The number of halogens is 1. The van der Waals surface area contributed by atoms with Crippen molar-refractivity contribution in [1.82, 2.24) is 10.2 Å². The van der Waals surface area contributed by atoms with Gasteiger partial charge in [0.25, 0.3) is 5.69 Å². The highest BCUT2D eigenvalue weighted by molar-refractivity contribution is 6.32. The van der Waals surface area contributed by atoms with Gasteiger partial charge < -0.3 is 5.32 Å². The number of piperazine rings is 1. The molecule has 6 heteroatoms. The number of nitrogens with one attached hydrogen (secondary N) is 1. The normalized spacial score (nSPS) is 17.4. The summed E-state index contributed by atoms with van der Waals surface area (Å²) in [5, 5.41) is 14.6. The van der Waals surface area contributed by atoms with Crippen LogP contribution >= 0.6 is 11.6 Å². The fourth-order valence-electron chi connectivity index (χ4n) is 2.66. The third-order valence-corrected chi connectivity index (χ3v) is 4.01. The predicted molar refractivity (Wildman–Crippen MR) is 84.7 cm³/mol. The zero-order valence-electron chi connectivity index (χ0n) is 12.1. The van der Waals surface area contributed by atoms with Gasteiger partial charge in [0, 0.05) is 38.3 Å². The smallest absolute Gasteiger partial charge is 0.288 e. The molecule has 1 aromatic carbocycles. The molecular weight excluding hydrogens is 290 g/mol. The van der Waals surface area contributed by atoms with Gasteiger partial charge in [0.15, 0.2) is 0 Å². The topological polar surface area (TPSA) is 58.4 Å². The van der Waals surface area contributed by atoms with E-state index in [0.717, 1.165) is 43.7 Å². The van der Waals surface area contributed by atoms with Gasteiger partial charge in [-0.05, 0) is 25.0 Å². The van der Waals surface area contributed by atoms with Crippen LogP contribution in [0.15, 0.2) is 30.4 Å². The van der Waals surface area contributed by atoms with Gasteiger partial charge in [0.2, 0.25) is 0 Å². The molecule has 1 atom stereocenters. The van der Waals surface area contributed by atoms with E-state index in [4.69, 9.17) is 11.6 Å². The van der Waals surface area contributed by atoms with Gasteiger partial charge in [-0.2, -0.15) is 0 Å². The first kappa shape index (κ1) is 15.9. The molecular formula is C15H20ClN3O2. The van der Waals surface area contributed by atoms with Crippen LogP contribution in [0.5, 0.6) is 0 Å². The fraction of sp³-hybridized carbons (Fsp3) is 0.467. The van der Waals surface area contributed by atoms with Gasteiger partial charge in [-0.15, -0.1) is 6.58 Å². The second-order valence-electron chi connectivity index (χ2n) is 5.43. The predicted octanol–water partition coefficient (Wildman–Crippen LogP) is 3.16. The quantitative estimate of drug-likeness (QED) is 0.515. The van der Waals surface area contributed by atoms with E-state index in [-0.39, 0.29) is 16.8 Å². The van der Waals surface area contributed by atoms with Crippen LogP contribution in [0.4, 0.5) is 5.69 Å². The summed E-state index contributed by atoms with van der Waals surface area (Å²) in [7, 11) is 0. The molecule has 1 saturated heterocycles. The monoisotopic (exact) mass is 309 g/mol. The number of hydrogen-bond donors (Lipinski definition) is 1. The maximum atomic E-state index is 11.1. The Kier molecular flexibility index (Phi) is 5.33. The molecule has 0 amide bonds. The summed E-state index contributed by atoms with van der Waals surface area (Å²) in [6, 6.07) is 5.20. The summed E-state index contributed by atoms with van der Waals surface area (Å²) in [5.74, 6) is 0. The summed E-state index contributed by atoms with van der Waals surface area (Å²) in [5.41, 5.74) is 1.96. The molecule has 1 N–H and O–H groups in total. The highest BCUT2D eigenvalue weighted by Gasteiger charge is 2.24. The van der Waals surface area contributed by atoms with Crippen LogP contribution in [-0.2, 0) is 0 Å². The first-order chi connectivity index (χ1) is 9.99. The van der Waals surface area contributed by atoms with Gasteiger partial charge >= 0.3 is 0 Å². The highest BCUT2D eigenvalue weighted by Crippen LogP contribution is 2.33. The lowest BCUT2D eigenvalue weighted by Gasteiger charge is -2.35. The van der Waals surface area contributed by atoms with Crippen LogP contribution in [0.1, 0.15) is 24.9 Å². The van der Waals surface area contributed by atoms with Crippen LogP contribution in [-0.4, -0.2) is 36.0 Å². The molecule has 0 bridgehead atoms. The van der Waals surface area contributed by atoms with E-state index in [9.17, 15) is 10.1 Å². The Bertz CT molecular complexity index is 542. The molecule has 1 aliphatic rings. The number of hydrogen-bond acceptors (Lipinski definition) is 4. The van der Waals surface area contributed by atoms with E-state index >= 15 is 0 Å². The van der Waals surface area contributed by atoms with Crippen LogP contribution in [0.2, 0.25) is 5.02 Å². The number of nitro benzene ring substituents is 1. The van der Waals surface area contributed by atoms with Crippen molar-refractivity contribution in [2.24, 2.45) is 0 Å². The van der Waals surface area contributed by atoms with E-state index in [2.05, 4.69) is 16.8 Å². The Labute approximate surface area is 129 Å². The largest absolute Gasteiger partial charge is 0.314 e. The molecule has 0 saturated carbocycles. The van der Waals surface area contributed by atoms with Crippen molar-refractivity contribution in [3.8, 4) is 0 Å². The first-order valence-corrected chi connectivity index (χ1v) is 7.40.